The Morgan fingerprint density at radius 1 is 0.960 bits per heavy atom. The van der Waals surface area contributed by atoms with Crippen molar-refractivity contribution in [2.45, 2.75) is 6.54 Å². The van der Waals surface area contributed by atoms with Gasteiger partial charge in [0.25, 0.3) is 0 Å². The number of nitrogens with zero attached hydrogens (tertiary/aromatic N) is 5. The van der Waals surface area contributed by atoms with E-state index in [1.165, 1.54) is 0 Å². The maximum Gasteiger partial charge on any atom is 0.228 e. The minimum Gasteiger partial charge on any atom is -0.368 e. The van der Waals surface area contributed by atoms with Crippen LogP contribution in [-0.4, -0.2) is 29.9 Å². The Kier molecular flexibility index (Phi) is 3.79. The highest BCUT2D eigenvalue weighted by Gasteiger charge is 2.06. The van der Waals surface area contributed by atoms with E-state index in [9.17, 15) is 0 Å². The van der Waals surface area contributed by atoms with Gasteiger partial charge in [0, 0.05) is 18.5 Å². The highest BCUT2D eigenvalue weighted by molar-refractivity contribution is 5.74. The van der Waals surface area contributed by atoms with Gasteiger partial charge in [-0.05, 0) is 18.2 Å². The number of aromatic nitrogens is 6. The minimum atomic E-state index is 0.146. The van der Waals surface area contributed by atoms with Gasteiger partial charge in [-0.25, -0.2) is 15.0 Å². The van der Waals surface area contributed by atoms with Crippen LogP contribution in [0.25, 0.3) is 11.0 Å². The van der Waals surface area contributed by atoms with E-state index in [2.05, 4.69) is 40.5 Å². The van der Waals surface area contributed by atoms with Gasteiger partial charge >= 0.3 is 0 Å². The smallest absolute Gasteiger partial charge is 0.228 e. The highest BCUT2D eigenvalue weighted by atomic mass is 15.2. The number of nitrogens with two attached hydrogens (primary N) is 1. The van der Waals surface area contributed by atoms with Crippen LogP contribution in [0.1, 0.15) is 5.82 Å². The van der Waals surface area contributed by atoms with Crippen LogP contribution in [0.4, 0.5) is 23.5 Å². The summed E-state index contributed by atoms with van der Waals surface area (Å²) in [5.41, 5.74) is 7.69. The molecule has 0 atom stereocenters. The van der Waals surface area contributed by atoms with E-state index >= 15 is 0 Å². The molecule has 9 nitrogen and oxygen atoms in total. The second-order valence-corrected chi connectivity index (χ2v) is 5.25. The zero-order valence-electron chi connectivity index (χ0n) is 13.1. The van der Waals surface area contributed by atoms with Crippen LogP contribution >= 0.6 is 0 Å². The van der Waals surface area contributed by atoms with Gasteiger partial charge in [-0.3, -0.25) is 0 Å². The third-order valence-corrected chi connectivity index (χ3v) is 3.42. The molecule has 0 aliphatic carbocycles. The van der Waals surface area contributed by atoms with Crippen LogP contribution < -0.4 is 16.4 Å². The SMILES string of the molecule is Nc1nc(NCc2nc3ccccc3[nH]2)cc(Nc2ncccn2)n1. The van der Waals surface area contributed by atoms with Crippen molar-refractivity contribution >= 4 is 34.6 Å². The van der Waals surface area contributed by atoms with Crippen LogP contribution in [-0.2, 0) is 6.54 Å². The Labute approximate surface area is 142 Å². The molecule has 3 heterocycles. The lowest BCUT2D eigenvalue weighted by Gasteiger charge is -2.08. The summed E-state index contributed by atoms with van der Waals surface area (Å²) in [5, 5.41) is 6.17. The minimum absolute atomic E-state index is 0.146. The van der Waals surface area contributed by atoms with Crippen LogP contribution in [0.5, 0.6) is 0 Å². The average Bonchev–Trinajstić information content (AvgIpc) is 3.03. The number of hydrogen-bond acceptors (Lipinski definition) is 8. The van der Waals surface area contributed by atoms with Crippen LogP contribution in [0.15, 0.2) is 48.8 Å². The number of nitrogens with one attached hydrogen (secondary N) is 3. The first-order valence-corrected chi connectivity index (χ1v) is 7.62. The summed E-state index contributed by atoms with van der Waals surface area (Å²) in [4.78, 5) is 24.3. The molecule has 5 N–H and O–H groups in total. The fraction of sp³-hybridized carbons (Fsp3) is 0.0625. The molecular formula is C16H15N9. The summed E-state index contributed by atoms with van der Waals surface area (Å²) in [6.45, 7) is 0.479. The third kappa shape index (κ3) is 3.44. The van der Waals surface area contributed by atoms with Crippen molar-refractivity contribution in [2.24, 2.45) is 0 Å². The van der Waals surface area contributed by atoms with E-state index in [1.807, 2.05) is 24.3 Å². The molecule has 0 amide bonds. The number of fused-ring (bicyclic) bond motifs is 1. The predicted molar refractivity (Wildman–Crippen MR) is 95.2 cm³/mol. The second kappa shape index (κ2) is 6.40. The van der Waals surface area contributed by atoms with Crippen molar-refractivity contribution in [1.29, 1.82) is 0 Å². The van der Waals surface area contributed by atoms with E-state index in [4.69, 9.17) is 5.73 Å². The molecule has 0 bridgehead atoms. The van der Waals surface area contributed by atoms with Crippen molar-refractivity contribution in [3.63, 3.8) is 0 Å². The van der Waals surface area contributed by atoms with Gasteiger partial charge in [-0.1, -0.05) is 12.1 Å². The zero-order chi connectivity index (χ0) is 17.1. The van der Waals surface area contributed by atoms with Gasteiger partial charge < -0.3 is 21.4 Å². The predicted octanol–water partition coefficient (Wildman–Crippen LogP) is 2.08. The fourth-order valence-corrected chi connectivity index (χ4v) is 2.36. The number of imidazole rings is 1. The molecule has 0 radical (unpaired) electrons. The Balaban J connectivity index is 1.50. The van der Waals surface area contributed by atoms with Gasteiger partial charge in [0.05, 0.1) is 17.6 Å². The largest absolute Gasteiger partial charge is 0.368 e. The maximum atomic E-state index is 5.78. The third-order valence-electron chi connectivity index (χ3n) is 3.42. The second-order valence-electron chi connectivity index (χ2n) is 5.25. The van der Waals surface area contributed by atoms with Crippen LogP contribution in [0.3, 0.4) is 0 Å². The monoisotopic (exact) mass is 333 g/mol. The molecule has 0 unspecified atom stereocenters. The first-order valence-electron chi connectivity index (χ1n) is 7.62. The molecule has 0 aliphatic rings. The van der Waals surface area contributed by atoms with Gasteiger partial charge in [0.2, 0.25) is 11.9 Å². The number of H-pyrrole nitrogens is 1. The molecule has 124 valence electrons. The molecule has 3 aromatic heterocycles. The molecule has 9 heteroatoms. The maximum absolute atomic E-state index is 5.78. The summed E-state index contributed by atoms with van der Waals surface area (Å²) < 4.78 is 0. The van der Waals surface area contributed by atoms with E-state index in [0.29, 0.717) is 24.1 Å². The van der Waals surface area contributed by atoms with Crippen molar-refractivity contribution in [3.05, 3.63) is 54.6 Å². The molecule has 0 fully saturated rings. The summed E-state index contributed by atoms with van der Waals surface area (Å²) in [5.74, 6) is 2.47. The quantitative estimate of drug-likeness (QED) is 0.437. The van der Waals surface area contributed by atoms with Gasteiger partial charge in [-0.15, -0.1) is 0 Å². The molecule has 0 aliphatic heterocycles. The summed E-state index contributed by atoms with van der Waals surface area (Å²) >= 11 is 0. The Morgan fingerprint density at radius 3 is 2.60 bits per heavy atom. The molecule has 1 aromatic carbocycles. The molecule has 0 spiro atoms. The molecule has 4 rings (SSSR count). The van der Waals surface area contributed by atoms with E-state index in [1.54, 1.807) is 24.5 Å². The Morgan fingerprint density at radius 2 is 1.76 bits per heavy atom. The van der Waals surface area contributed by atoms with Crippen LogP contribution in [0, 0.1) is 0 Å². The lowest BCUT2D eigenvalue weighted by atomic mass is 10.3. The van der Waals surface area contributed by atoms with Gasteiger partial charge in [0.1, 0.15) is 17.5 Å². The lowest BCUT2D eigenvalue weighted by Crippen LogP contribution is -2.07. The lowest BCUT2D eigenvalue weighted by molar-refractivity contribution is 0.993. The van der Waals surface area contributed by atoms with Crippen molar-refractivity contribution in [2.75, 3.05) is 16.4 Å². The van der Waals surface area contributed by atoms with E-state index < -0.39 is 0 Å². The molecular weight excluding hydrogens is 318 g/mol. The molecule has 0 saturated carbocycles. The Hall–Kier alpha value is -3.75. The van der Waals surface area contributed by atoms with Crippen molar-refractivity contribution < 1.29 is 0 Å². The standard InChI is InChI=1S/C16H15N9/c17-15-23-12(8-13(24-15)25-16-18-6-3-7-19-16)20-9-14-21-10-4-1-2-5-11(10)22-14/h1-8H,9H2,(H,21,22)(H4,17,18,19,20,23,24,25). The normalized spacial score (nSPS) is 10.7. The number of hydrogen-bond donors (Lipinski definition) is 4. The number of nitrogen functional groups attached to an aromatic ring is 1. The highest BCUT2D eigenvalue weighted by Crippen LogP contribution is 2.16. The van der Waals surface area contributed by atoms with Crippen molar-refractivity contribution in [3.8, 4) is 0 Å². The fourth-order valence-electron chi connectivity index (χ4n) is 2.36. The molecule has 25 heavy (non-hydrogen) atoms. The summed E-state index contributed by atoms with van der Waals surface area (Å²) in [6, 6.07) is 11.3. The van der Waals surface area contributed by atoms with Gasteiger partial charge in [0.15, 0.2) is 0 Å². The number of aromatic amines is 1. The first-order chi connectivity index (χ1) is 12.3. The van der Waals surface area contributed by atoms with Crippen LogP contribution in [0.2, 0.25) is 0 Å². The topological polar surface area (TPSA) is 130 Å². The number of rotatable bonds is 5. The summed E-state index contributed by atoms with van der Waals surface area (Å²) in [7, 11) is 0. The average molecular weight is 333 g/mol. The number of para-hydroxylation sites is 2. The first kappa shape index (κ1) is 14.8. The van der Waals surface area contributed by atoms with E-state index in [-0.39, 0.29) is 5.95 Å². The summed E-state index contributed by atoms with van der Waals surface area (Å²) in [6.07, 6.45) is 3.28. The Bertz CT molecular complexity index is 964. The number of anilines is 4. The van der Waals surface area contributed by atoms with Gasteiger partial charge in [-0.2, -0.15) is 9.97 Å². The zero-order valence-corrected chi connectivity index (χ0v) is 13.1. The number of benzene rings is 1. The van der Waals surface area contributed by atoms with E-state index in [0.717, 1.165) is 16.9 Å². The molecule has 4 aromatic rings. The molecule has 0 saturated heterocycles. The van der Waals surface area contributed by atoms with Crippen molar-refractivity contribution in [1.82, 2.24) is 29.9 Å².